The SMILES string of the molecule is Clc1cnc(NC2CC2)cc1-c1cncc(NCC2CCOCC2)c1. The smallest absolute Gasteiger partial charge is 0.126 e. The van der Waals surface area contributed by atoms with E-state index in [1.807, 2.05) is 18.5 Å². The molecule has 132 valence electrons. The molecule has 1 aliphatic carbocycles. The predicted molar refractivity (Wildman–Crippen MR) is 101 cm³/mol. The van der Waals surface area contributed by atoms with E-state index in [1.54, 1.807) is 6.20 Å². The molecule has 0 atom stereocenters. The van der Waals surface area contributed by atoms with Crippen LogP contribution in [-0.2, 0) is 4.74 Å². The van der Waals surface area contributed by atoms with Crippen LogP contribution in [0.4, 0.5) is 11.5 Å². The second-order valence-corrected chi connectivity index (χ2v) is 7.27. The number of aromatic nitrogens is 2. The number of ether oxygens (including phenoxy) is 1. The summed E-state index contributed by atoms with van der Waals surface area (Å²) < 4.78 is 5.42. The average Bonchev–Trinajstić information content (AvgIpc) is 3.47. The number of anilines is 2. The first kappa shape index (κ1) is 16.6. The van der Waals surface area contributed by atoms with E-state index in [1.165, 1.54) is 12.8 Å². The predicted octanol–water partition coefficient (Wildman–Crippen LogP) is 4.21. The van der Waals surface area contributed by atoms with E-state index >= 15 is 0 Å². The van der Waals surface area contributed by atoms with E-state index in [4.69, 9.17) is 16.3 Å². The van der Waals surface area contributed by atoms with Gasteiger partial charge in [-0.3, -0.25) is 4.98 Å². The zero-order chi connectivity index (χ0) is 17.1. The maximum Gasteiger partial charge on any atom is 0.126 e. The van der Waals surface area contributed by atoms with Gasteiger partial charge >= 0.3 is 0 Å². The molecule has 0 amide bonds. The second kappa shape index (κ2) is 7.58. The molecule has 0 bridgehead atoms. The summed E-state index contributed by atoms with van der Waals surface area (Å²) >= 11 is 6.38. The van der Waals surface area contributed by atoms with Crippen molar-refractivity contribution < 1.29 is 4.74 Å². The summed E-state index contributed by atoms with van der Waals surface area (Å²) in [5.74, 6) is 1.54. The monoisotopic (exact) mass is 358 g/mol. The third-order valence-corrected chi connectivity index (χ3v) is 5.07. The number of rotatable bonds is 6. The molecule has 1 aliphatic heterocycles. The summed E-state index contributed by atoms with van der Waals surface area (Å²) in [6.07, 6.45) is 10.1. The van der Waals surface area contributed by atoms with Crippen LogP contribution in [-0.4, -0.2) is 35.8 Å². The molecule has 2 fully saturated rings. The molecule has 25 heavy (non-hydrogen) atoms. The fourth-order valence-electron chi connectivity index (χ4n) is 3.07. The normalized spacial score (nSPS) is 18.1. The minimum atomic E-state index is 0.562. The molecule has 4 rings (SSSR count). The van der Waals surface area contributed by atoms with Gasteiger partial charge in [0.15, 0.2) is 0 Å². The van der Waals surface area contributed by atoms with Gasteiger partial charge in [0.25, 0.3) is 0 Å². The van der Waals surface area contributed by atoms with Crippen LogP contribution in [0.1, 0.15) is 25.7 Å². The lowest BCUT2D eigenvalue weighted by Crippen LogP contribution is -2.22. The molecular weight excluding hydrogens is 336 g/mol. The molecule has 3 heterocycles. The van der Waals surface area contributed by atoms with Crippen LogP contribution in [0.15, 0.2) is 30.7 Å². The maximum absolute atomic E-state index is 6.38. The molecule has 2 aliphatic rings. The van der Waals surface area contributed by atoms with Crippen LogP contribution in [0.2, 0.25) is 5.02 Å². The Bertz CT molecular complexity index is 729. The van der Waals surface area contributed by atoms with Crippen molar-refractivity contribution >= 4 is 23.1 Å². The number of halogens is 1. The fourth-order valence-corrected chi connectivity index (χ4v) is 3.28. The van der Waals surface area contributed by atoms with Gasteiger partial charge in [0.1, 0.15) is 5.82 Å². The van der Waals surface area contributed by atoms with Crippen molar-refractivity contribution in [3.8, 4) is 11.1 Å². The summed E-state index contributed by atoms with van der Waals surface area (Å²) in [6, 6.07) is 4.68. The topological polar surface area (TPSA) is 59.1 Å². The van der Waals surface area contributed by atoms with Crippen molar-refractivity contribution in [2.24, 2.45) is 5.92 Å². The summed E-state index contributed by atoms with van der Waals surface area (Å²) in [6.45, 7) is 2.69. The van der Waals surface area contributed by atoms with Crippen molar-refractivity contribution in [2.45, 2.75) is 31.7 Å². The third-order valence-electron chi connectivity index (χ3n) is 4.77. The van der Waals surface area contributed by atoms with Gasteiger partial charge in [0.05, 0.1) is 10.7 Å². The van der Waals surface area contributed by atoms with Crippen LogP contribution < -0.4 is 10.6 Å². The van der Waals surface area contributed by atoms with E-state index in [9.17, 15) is 0 Å². The van der Waals surface area contributed by atoms with Crippen LogP contribution in [0, 0.1) is 5.92 Å². The van der Waals surface area contributed by atoms with Gasteiger partial charge in [-0.2, -0.15) is 0 Å². The highest BCUT2D eigenvalue weighted by Crippen LogP contribution is 2.32. The largest absolute Gasteiger partial charge is 0.384 e. The van der Waals surface area contributed by atoms with Crippen molar-refractivity contribution in [1.82, 2.24) is 9.97 Å². The Kier molecular flexibility index (Phi) is 5.04. The molecule has 0 radical (unpaired) electrons. The van der Waals surface area contributed by atoms with Crippen LogP contribution in [0.5, 0.6) is 0 Å². The quantitative estimate of drug-likeness (QED) is 0.810. The van der Waals surface area contributed by atoms with Crippen LogP contribution in [0.25, 0.3) is 11.1 Å². The van der Waals surface area contributed by atoms with Gasteiger partial charge in [-0.05, 0) is 43.7 Å². The Balaban J connectivity index is 1.48. The van der Waals surface area contributed by atoms with Crippen molar-refractivity contribution in [3.05, 3.63) is 35.7 Å². The molecule has 2 aromatic rings. The molecule has 0 aromatic carbocycles. The average molecular weight is 359 g/mol. The molecular formula is C19H23ClN4O. The minimum Gasteiger partial charge on any atom is -0.384 e. The van der Waals surface area contributed by atoms with Gasteiger partial charge in [-0.1, -0.05) is 11.6 Å². The lowest BCUT2D eigenvalue weighted by Gasteiger charge is -2.22. The van der Waals surface area contributed by atoms with Crippen LogP contribution in [0.3, 0.4) is 0 Å². The lowest BCUT2D eigenvalue weighted by atomic mass is 10.0. The van der Waals surface area contributed by atoms with E-state index < -0.39 is 0 Å². The molecule has 1 saturated carbocycles. The van der Waals surface area contributed by atoms with E-state index in [-0.39, 0.29) is 0 Å². The van der Waals surface area contributed by atoms with E-state index in [0.717, 1.165) is 55.2 Å². The highest BCUT2D eigenvalue weighted by molar-refractivity contribution is 6.33. The Labute approximate surface area is 153 Å². The van der Waals surface area contributed by atoms with Gasteiger partial charge in [0.2, 0.25) is 0 Å². The summed E-state index contributed by atoms with van der Waals surface area (Å²) in [4.78, 5) is 8.76. The summed E-state index contributed by atoms with van der Waals surface area (Å²) in [5, 5.41) is 7.57. The zero-order valence-electron chi connectivity index (χ0n) is 14.2. The number of nitrogens with zero attached hydrogens (tertiary/aromatic N) is 2. The van der Waals surface area contributed by atoms with Gasteiger partial charge in [0, 0.05) is 55.5 Å². The summed E-state index contributed by atoms with van der Waals surface area (Å²) in [5.41, 5.74) is 2.99. The fraction of sp³-hybridized carbons (Fsp3) is 0.474. The molecule has 6 heteroatoms. The van der Waals surface area contributed by atoms with E-state index in [2.05, 4.69) is 26.7 Å². The first-order valence-corrected chi connectivity index (χ1v) is 9.35. The zero-order valence-corrected chi connectivity index (χ0v) is 14.9. The number of nitrogens with one attached hydrogen (secondary N) is 2. The first-order chi connectivity index (χ1) is 12.3. The van der Waals surface area contributed by atoms with Gasteiger partial charge < -0.3 is 15.4 Å². The second-order valence-electron chi connectivity index (χ2n) is 6.87. The molecule has 2 N–H and O–H groups in total. The minimum absolute atomic E-state index is 0.562. The highest BCUT2D eigenvalue weighted by Gasteiger charge is 2.21. The Hall–Kier alpha value is -1.85. The maximum atomic E-state index is 6.38. The Morgan fingerprint density at radius 1 is 1.08 bits per heavy atom. The first-order valence-electron chi connectivity index (χ1n) is 8.97. The lowest BCUT2D eigenvalue weighted by molar-refractivity contribution is 0.0699. The number of pyridine rings is 2. The molecule has 0 unspecified atom stereocenters. The van der Waals surface area contributed by atoms with Gasteiger partial charge in [-0.25, -0.2) is 4.98 Å². The Morgan fingerprint density at radius 2 is 1.92 bits per heavy atom. The number of hydrogen-bond donors (Lipinski definition) is 2. The van der Waals surface area contributed by atoms with Crippen molar-refractivity contribution in [3.63, 3.8) is 0 Å². The van der Waals surface area contributed by atoms with Crippen molar-refractivity contribution in [1.29, 1.82) is 0 Å². The van der Waals surface area contributed by atoms with Gasteiger partial charge in [-0.15, -0.1) is 0 Å². The Morgan fingerprint density at radius 3 is 2.72 bits per heavy atom. The third kappa shape index (κ3) is 4.41. The van der Waals surface area contributed by atoms with Crippen LogP contribution >= 0.6 is 11.6 Å². The number of hydrogen-bond acceptors (Lipinski definition) is 5. The molecule has 5 nitrogen and oxygen atoms in total. The highest BCUT2D eigenvalue weighted by atomic mass is 35.5. The summed E-state index contributed by atoms with van der Waals surface area (Å²) in [7, 11) is 0. The van der Waals surface area contributed by atoms with Crippen molar-refractivity contribution in [2.75, 3.05) is 30.4 Å². The molecule has 0 spiro atoms. The van der Waals surface area contributed by atoms with E-state index in [0.29, 0.717) is 17.0 Å². The molecule has 2 aromatic heterocycles. The molecule has 1 saturated heterocycles. The standard InChI is InChI=1S/C19H23ClN4O/c20-18-12-23-19(24-15-1-2-15)8-17(18)14-7-16(11-21-10-14)22-9-13-3-5-25-6-4-13/h7-8,10-13,15,22H,1-6,9H2,(H,23,24).